The number of aromatic nitrogens is 2. The van der Waals surface area contributed by atoms with Crippen LogP contribution in [0.25, 0.3) is 0 Å². The van der Waals surface area contributed by atoms with Gasteiger partial charge in [-0.15, -0.1) is 0 Å². The largest absolute Gasteiger partial charge is 0.395 e. The number of hydrogen-bond donors (Lipinski definition) is 1. The normalized spacial score (nSPS) is 23.9. The monoisotopic (exact) mass is 282 g/mol. The van der Waals surface area contributed by atoms with Gasteiger partial charge in [0.1, 0.15) is 5.82 Å². The molecular formula is C14H26N4O2. The molecule has 0 bridgehead atoms. The van der Waals surface area contributed by atoms with Gasteiger partial charge in [-0.2, -0.15) is 0 Å². The molecule has 1 saturated heterocycles. The lowest BCUT2D eigenvalue weighted by atomic mass is 10.2. The van der Waals surface area contributed by atoms with Crippen molar-refractivity contribution in [2.75, 3.05) is 41.0 Å². The number of likely N-dealkylation sites (N-methyl/N-ethyl adjacent to an activating group) is 1. The van der Waals surface area contributed by atoms with Crippen molar-refractivity contribution >= 4 is 0 Å². The van der Waals surface area contributed by atoms with Gasteiger partial charge in [-0.3, -0.25) is 4.90 Å². The molecule has 114 valence electrons. The molecule has 1 aromatic heterocycles. The average Bonchev–Trinajstić information content (AvgIpc) is 3.03. The SMILES string of the molecule is COCCn1ccnc1CN1C[C@H](N(C)C)C[C@H]1CO. The van der Waals surface area contributed by atoms with E-state index in [0.29, 0.717) is 12.6 Å². The highest BCUT2D eigenvalue weighted by Crippen LogP contribution is 2.22. The predicted molar refractivity (Wildman–Crippen MR) is 77.5 cm³/mol. The maximum atomic E-state index is 9.57. The minimum Gasteiger partial charge on any atom is -0.395 e. The molecule has 1 N–H and O–H groups in total. The van der Waals surface area contributed by atoms with Crippen LogP contribution in [0.5, 0.6) is 0 Å². The standard InChI is InChI=1S/C14H26N4O2/c1-16(2)12-8-13(11-19)18(9-12)10-14-15-4-5-17(14)6-7-20-3/h4-5,12-13,19H,6-11H2,1-3H3/t12-,13+/m1/s1. The Balaban J connectivity index is 1.99. The predicted octanol–water partition coefficient (Wildman–Crippen LogP) is 0.0263. The fourth-order valence-electron chi connectivity index (χ4n) is 2.78. The smallest absolute Gasteiger partial charge is 0.122 e. The number of ether oxygens (including phenoxy) is 1. The number of hydrogen-bond acceptors (Lipinski definition) is 5. The van der Waals surface area contributed by atoms with Crippen LogP contribution in [0.15, 0.2) is 12.4 Å². The van der Waals surface area contributed by atoms with E-state index in [4.69, 9.17) is 4.74 Å². The van der Waals surface area contributed by atoms with Gasteiger partial charge in [-0.05, 0) is 20.5 Å². The lowest BCUT2D eigenvalue weighted by Gasteiger charge is -2.23. The third-order valence-corrected chi connectivity index (χ3v) is 4.13. The summed E-state index contributed by atoms with van der Waals surface area (Å²) in [6, 6.07) is 0.740. The maximum Gasteiger partial charge on any atom is 0.122 e. The molecule has 2 heterocycles. The number of aliphatic hydroxyl groups excluding tert-OH is 1. The van der Waals surface area contributed by atoms with Crippen molar-refractivity contribution in [2.45, 2.75) is 31.6 Å². The van der Waals surface area contributed by atoms with Crippen LogP contribution in [0.2, 0.25) is 0 Å². The van der Waals surface area contributed by atoms with Gasteiger partial charge in [0.15, 0.2) is 0 Å². The molecule has 0 radical (unpaired) electrons. The molecule has 6 nitrogen and oxygen atoms in total. The van der Waals surface area contributed by atoms with E-state index < -0.39 is 0 Å². The van der Waals surface area contributed by atoms with E-state index in [1.807, 2.05) is 12.4 Å². The second-order valence-electron chi connectivity index (χ2n) is 5.65. The Morgan fingerprint density at radius 1 is 1.50 bits per heavy atom. The Hall–Kier alpha value is -0.950. The van der Waals surface area contributed by atoms with Crippen molar-refractivity contribution < 1.29 is 9.84 Å². The highest BCUT2D eigenvalue weighted by atomic mass is 16.5. The van der Waals surface area contributed by atoms with Crippen LogP contribution < -0.4 is 0 Å². The highest BCUT2D eigenvalue weighted by molar-refractivity contribution is 4.97. The minimum absolute atomic E-state index is 0.211. The van der Waals surface area contributed by atoms with Gasteiger partial charge in [-0.25, -0.2) is 4.98 Å². The van der Waals surface area contributed by atoms with Crippen molar-refractivity contribution in [3.63, 3.8) is 0 Å². The topological polar surface area (TPSA) is 53.8 Å². The van der Waals surface area contributed by atoms with Crippen LogP contribution in [0.1, 0.15) is 12.2 Å². The van der Waals surface area contributed by atoms with E-state index in [-0.39, 0.29) is 12.6 Å². The van der Waals surface area contributed by atoms with Crippen molar-refractivity contribution in [2.24, 2.45) is 0 Å². The molecule has 1 aromatic rings. The van der Waals surface area contributed by atoms with Gasteiger partial charge >= 0.3 is 0 Å². The second-order valence-corrected chi connectivity index (χ2v) is 5.65. The number of methoxy groups -OCH3 is 1. The fraction of sp³-hybridized carbons (Fsp3) is 0.786. The summed E-state index contributed by atoms with van der Waals surface area (Å²) >= 11 is 0. The van der Waals surface area contributed by atoms with Gasteiger partial charge < -0.3 is 19.3 Å². The van der Waals surface area contributed by atoms with E-state index in [2.05, 4.69) is 33.4 Å². The van der Waals surface area contributed by atoms with Gasteiger partial charge in [0.2, 0.25) is 0 Å². The van der Waals surface area contributed by atoms with E-state index in [1.165, 1.54) is 0 Å². The Morgan fingerprint density at radius 3 is 2.95 bits per heavy atom. The van der Waals surface area contributed by atoms with Crippen LogP contribution in [-0.4, -0.2) is 77.5 Å². The van der Waals surface area contributed by atoms with Crippen LogP contribution >= 0.6 is 0 Å². The second kappa shape index (κ2) is 7.17. The summed E-state index contributed by atoms with van der Waals surface area (Å²) in [4.78, 5) is 9.01. The van der Waals surface area contributed by atoms with Crippen LogP contribution in [0.3, 0.4) is 0 Å². The van der Waals surface area contributed by atoms with E-state index in [1.54, 1.807) is 7.11 Å². The van der Waals surface area contributed by atoms with Crippen LogP contribution in [0, 0.1) is 0 Å². The zero-order valence-corrected chi connectivity index (χ0v) is 12.7. The summed E-state index contributed by atoms with van der Waals surface area (Å²) in [6.45, 7) is 3.48. The molecule has 20 heavy (non-hydrogen) atoms. The molecule has 1 aliphatic rings. The minimum atomic E-state index is 0.211. The van der Waals surface area contributed by atoms with Gasteiger partial charge in [0.05, 0.1) is 19.8 Å². The lowest BCUT2D eigenvalue weighted by molar-refractivity contribution is 0.146. The Bertz CT molecular complexity index is 408. The van der Waals surface area contributed by atoms with Gasteiger partial charge in [-0.1, -0.05) is 0 Å². The van der Waals surface area contributed by atoms with Gasteiger partial charge in [0, 0.05) is 44.7 Å². The molecule has 0 saturated carbocycles. The first-order valence-corrected chi connectivity index (χ1v) is 7.16. The van der Waals surface area contributed by atoms with Crippen molar-refractivity contribution in [1.29, 1.82) is 0 Å². The van der Waals surface area contributed by atoms with Crippen molar-refractivity contribution in [3.05, 3.63) is 18.2 Å². The van der Waals surface area contributed by atoms with Crippen LogP contribution in [0.4, 0.5) is 0 Å². The number of nitrogens with zero attached hydrogens (tertiary/aromatic N) is 4. The summed E-state index contributed by atoms with van der Waals surface area (Å²) < 4.78 is 7.25. The third-order valence-electron chi connectivity index (χ3n) is 4.13. The Labute approximate surface area is 121 Å². The first kappa shape index (κ1) is 15.4. The molecule has 6 heteroatoms. The van der Waals surface area contributed by atoms with E-state index >= 15 is 0 Å². The summed E-state index contributed by atoms with van der Waals surface area (Å²) in [6.07, 6.45) is 4.84. The molecule has 0 aromatic carbocycles. The molecule has 0 aliphatic carbocycles. The van der Waals surface area contributed by atoms with Crippen LogP contribution in [-0.2, 0) is 17.8 Å². The first-order valence-electron chi connectivity index (χ1n) is 7.16. The first-order chi connectivity index (χ1) is 9.65. The lowest BCUT2D eigenvalue weighted by Crippen LogP contribution is -2.34. The fourth-order valence-corrected chi connectivity index (χ4v) is 2.78. The maximum absolute atomic E-state index is 9.57. The number of likely N-dealkylation sites (tertiary alicyclic amines) is 1. The summed E-state index contributed by atoms with van der Waals surface area (Å²) in [5.41, 5.74) is 0. The van der Waals surface area contributed by atoms with Gasteiger partial charge in [0.25, 0.3) is 0 Å². The quantitative estimate of drug-likeness (QED) is 0.764. The summed E-state index contributed by atoms with van der Waals surface area (Å²) in [5.74, 6) is 1.04. The molecule has 1 aliphatic heterocycles. The number of aliphatic hydroxyl groups is 1. The molecule has 0 unspecified atom stereocenters. The molecule has 1 fully saturated rings. The molecule has 2 atom stereocenters. The Morgan fingerprint density at radius 2 is 2.30 bits per heavy atom. The zero-order chi connectivity index (χ0) is 14.5. The summed E-state index contributed by atoms with van der Waals surface area (Å²) in [5, 5.41) is 9.57. The highest BCUT2D eigenvalue weighted by Gasteiger charge is 2.33. The molecule has 0 spiro atoms. The third kappa shape index (κ3) is 3.58. The number of rotatable bonds is 7. The van der Waals surface area contributed by atoms with E-state index in [0.717, 1.165) is 31.9 Å². The molecule has 0 amide bonds. The van der Waals surface area contributed by atoms with E-state index in [9.17, 15) is 5.11 Å². The zero-order valence-electron chi connectivity index (χ0n) is 12.7. The summed E-state index contributed by atoms with van der Waals surface area (Å²) in [7, 11) is 5.91. The average molecular weight is 282 g/mol. The molecular weight excluding hydrogens is 256 g/mol. The molecule has 2 rings (SSSR count). The van der Waals surface area contributed by atoms with Crippen molar-refractivity contribution in [3.8, 4) is 0 Å². The Kier molecular flexibility index (Phi) is 5.54. The number of imidazole rings is 1. The van der Waals surface area contributed by atoms with Crippen molar-refractivity contribution in [1.82, 2.24) is 19.4 Å².